The molecule has 0 aliphatic rings. The molecule has 0 aliphatic carbocycles. The summed E-state index contributed by atoms with van der Waals surface area (Å²) in [6, 6.07) is 22.9. The molecule has 23 heavy (non-hydrogen) atoms. The normalized spacial score (nSPS) is 10.4. The van der Waals surface area contributed by atoms with Gasteiger partial charge in [-0.2, -0.15) is 0 Å². The van der Waals surface area contributed by atoms with Crippen LogP contribution in [0.25, 0.3) is 0 Å². The van der Waals surface area contributed by atoms with Gasteiger partial charge in [0.05, 0.1) is 9.79 Å². The van der Waals surface area contributed by atoms with Crippen molar-refractivity contribution >= 4 is 15.5 Å². The molecule has 0 unspecified atom stereocenters. The van der Waals surface area contributed by atoms with Crippen molar-refractivity contribution in [2.75, 3.05) is 5.73 Å². The zero-order valence-electron chi connectivity index (χ0n) is 12.3. The number of nitrogen functional groups attached to an aromatic ring is 1. The van der Waals surface area contributed by atoms with Gasteiger partial charge in [0.15, 0.2) is 5.75 Å². The van der Waals surface area contributed by atoms with Gasteiger partial charge in [-0.05, 0) is 48.5 Å². The highest BCUT2D eigenvalue weighted by Crippen LogP contribution is 2.19. The van der Waals surface area contributed by atoms with Gasteiger partial charge in [-0.3, -0.25) is 5.11 Å². The fourth-order valence-electron chi connectivity index (χ4n) is 1.80. The molecule has 4 nitrogen and oxygen atoms in total. The summed E-state index contributed by atoms with van der Waals surface area (Å²) >= 11 is 0. The molecular weight excluding hydrogens is 310 g/mol. The number of sulfone groups is 1. The lowest BCUT2D eigenvalue weighted by Crippen LogP contribution is -2.00. The van der Waals surface area contributed by atoms with Gasteiger partial charge in [0.1, 0.15) is 0 Å². The average molecular weight is 326 g/mol. The lowest BCUT2D eigenvalue weighted by Gasteiger charge is -2.03. The number of benzene rings is 3. The second-order valence-electron chi connectivity index (χ2n) is 4.70. The smallest absolute Gasteiger partial charge is 0.206 e. The molecule has 0 spiro atoms. The number of nitrogens with two attached hydrogens (primary N) is 1. The van der Waals surface area contributed by atoms with Crippen LogP contribution < -0.4 is 5.73 Å². The third-order valence-electron chi connectivity index (χ3n) is 2.99. The van der Waals surface area contributed by atoms with Gasteiger partial charge in [-0.1, -0.05) is 36.4 Å². The standard InChI is InChI=1S/C12H10O2S.C6H6NO/c13-15(14,11-7-3-1-4-8-11)12-9-5-2-6-10-12;7-5-1-3-6(8)4-2-5/h1-10H;1-4H,7H2. The SMILES string of the molecule is Nc1ccc([O])cc1.O=S(=O)(c1ccccc1)c1ccccc1. The predicted octanol–water partition coefficient (Wildman–Crippen LogP) is 3.93. The molecule has 0 amide bonds. The molecule has 0 bridgehead atoms. The van der Waals surface area contributed by atoms with Crippen molar-refractivity contribution in [2.24, 2.45) is 0 Å². The van der Waals surface area contributed by atoms with Crippen LogP contribution in [0.4, 0.5) is 5.69 Å². The van der Waals surface area contributed by atoms with Crippen molar-refractivity contribution in [1.29, 1.82) is 0 Å². The van der Waals surface area contributed by atoms with E-state index in [0.717, 1.165) is 0 Å². The monoisotopic (exact) mass is 326 g/mol. The molecule has 0 aromatic heterocycles. The number of anilines is 1. The summed E-state index contributed by atoms with van der Waals surface area (Å²) in [5.74, 6) is -0.000741. The van der Waals surface area contributed by atoms with Gasteiger partial charge in [0.25, 0.3) is 0 Å². The molecular formula is C18H16NO3S. The van der Waals surface area contributed by atoms with Crippen LogP contribution in [0.3, 0.4) is 0 Å². The van der Waals surface area contributed by atoms with Gasteiger partial charge >= 0.3 is 0 Å². The molecule has 3 rings (SSSR count). The van der Waals surface area contributed by atoms with Crippen molar-refractivity contribution < 1.29 is 13.5 Å². The molecule has 3 aromatic rings. The Morgan fingerprint density at radius 1 is 0.609 bits per heavy atom. The van der Waals surface area contributed by atoms with Gasteiger partial charge in [-0.15, -0.1) is 0 Å². The van der Waals surface area contributed by atoms with Crippen LogP contribution in [-0.2, 0) is 14.9 Å². The highest BCUT2D eigenvalue weighted by atomic mass is 32.2. The van der Waals surface area contributed by atoms with Gasteiger partial charge in [0, 0.05) is 5.69 Å². The Balaban J connectivity index is 0.000000203. The van der Waals surface area contributed by atoms with E-state index in [0.29, 0.717) is 15.5 Å². The van der Waals surface area contributed by atoms with Crippen LogP contribution in [0.1, 0.15) is 0 Å². The Hall–Kier alpha value is -2.79. The Bertz CT molecular complexity index is 764. The lowest BCUT2D eigenvalue weighted by molar-refractivity contribution is 0.355. The molecule has 0 heterocycles. The quantitative estimate of drug-likeness (QED) is 0.724. The predicted molar refractivity (Wildman–Crippen MR) is 89.3 cm³/mol. The van der Waals surface area contributed by atoms with Crippen molar-refractivity contribution in [3.63, 3.8) is 0 Å². The molecule has 0 saturated heterocycles. The van der Waals surface area contributed by atoms with E-state index < -0.39 is 9.84 Å². The minimum absolute atomic E-state index is 0.000741. The first-order chi connectivity index (χ1) is 11.0. The van der Waals surface area contributed by atoms with Crippen LogP contribution in [-0.4, -0.2) is 8.42 Å². The summed E-state index contributed by atoms with van der Waals surface area (Å²) < 4.78 is 24.1. The summed E-state index contributed by atoms with van der Waals surface area (Å²) in [6.45, 7) is 0. The molecule has 1 radical (unpaired) electrons. The second-order valence-corrected chi connectivity index (χ2v) is 6.65. The summed E-state index contributed by atoms with van der Waals surface area (Å²) in [4.78, 5) is 0.660. The third-order valence-corrected chi connectivity index (χ3v) is 4.77. The van der Waals surface area contributed by atoms with E-state index in [1.807, 2.05) is 0 Å². The first-order valence-corrected chi connectivity index (χ1v) is 8.36. The first-order valence-electron chi connectivity index (χ1n) is 6.88. The van der Waals surface area contributed by atoms with Gasteiger partial charge in [-0.25, -0.2) is 8.42 Å². The van der Waals surface area contributed by atoms with Crippen LogP contribution in [0.15, 0.2) is 94.7 Å². The number of rotatable bonds is 2. The van der Waals surface area contributed by atoms with Gasteiger partial charge < -0.3 is 5.73 Å². The van der Waals surface area contributed by atoms with E-state index in [9.17, 15) is 13.5 Å². The fourth-order valence-corrected chi connectivity index (χ4v) is 3.11. The molecule has 117 valence electrons. The molecule has 0 aliphatic heterocycles. The minimum Gasteiger partial charge on any atom is -0.399 e. The summed E-state index contributed by atoms with van der Waals surface area (Å²) in [7, 11) is -3.34. The Kier molecular flexibility index (Phi) is 5.38. The molecule has 3 aromatic carbocycles. The van der Waals surface area contributed by atoms with Crippen LogP contribution in [0.2, 0.25) is 0 Å². The maximum absolute atomic E-state index is 12.0. The highest BCUT2D eigenvalue weighted by molar-refractivity contribution is 7.91. The van der Waals surface area contributed by atoms with Crippen molar-refractivity contribution in [2.45, 2.75) is 9.79 Å². The minimum atomic E-state index is -3.34. The largest absolute Gasteiger partial charge is 0.399 e. The lowest BCUT2D eigenvalue weighted by atomic mass is 10.3. The highest BCUT2D eigenvalue weighted by Gasteiger charge is 2.15. The van der Waals surface area contributed by atoms with E-state index in [-0.39, 0.29) is 5.75 Å². The van der Waals surface area contributed by atoms with Crippen molar-refractivity contribution in [1.82, 2.24) is 0 Å². The topological polar surface area (TPSA) is 80.1 Å². The van der Waals surface area contributed by atoms with Gasteiger partial charge in [0.2, 0.25) is 9.84 Å². The fraction of sp³-hybridized carbons (Fsp3) is 0. The number of hydrogen-bond acceptors (Lipinski definition) is 3. The molecule has 0 saturated carbocycles. The van der Waals surface area contributed by atoms with E-state index in [4.69, 9.17) is 5.73 Å². The summed E-state index contributed by atoms with van der Waals surface area (Å²) in [6.07, 6.45) is 0. The second kappa shape index (κ2) is 7.47. The van der Waals surface area contributed by atoms with E-state index in [1.54, 1.807) is 72.8 Å². The Morgan fingerprint density at radius 3 is 1.35 bits per heavy atom. The first kappa shape index (κ1) is 16.6. The zero-order chi connectivity index (χ0) is 16.7. The van der Waals surface area contributed by atoms with Crippen LogP contribution >= 0.6 is 0 Å². The van der Waals surface area contributed by atoms with E-state index >= 15 is 0 Å². The summed E-state index contributed by atoms with van der Waals surface area (Å²) in [5, 5.41) is 10.4. The molecule has 0 atom stereocenters. The maximum Gasteiger partial charge on any atom is 0.206 e. The average Bonchev–Trinajstić information content (AvgIpc) is 2.60. The Labute approximate surface area is 135 Å². The molecule has 2 N–H and O–H groups in total. The molecule has 0 fully saturated rings. The van der Waals surface area contributed by atoms with Crippen molar-refractivity contribution in [3.05, 3.63) is 84.9 Å². The van der Waals surface area contributed by atoms with Crippen LogP contribution in [0.5, 0.6) is 5.75 Å². The van der Waals surface area contributed by atoms with Crippen molar-refractivity contribution in [3.8, 4) is 5.75 Å². The summed E-state index contributed by atoms with van der Waals surface area (Å²) in [5.41, 5.74) is 5.92. The third kappa shape index (κ3) is 4.59. The zero-order valence-corrected chi connectivity index (χ0v) is 13.1. The maximum atomic E-state index is 12.0. The van der Waals surface area contributed by atoms with E-state index in [1.165, 1.54) is 12.1 Å². The van der Waals surface area contributed by atoms with E-state index in [2.05, 4.69) is 0 Å². The number of hydrogen-bond donors (Lipinski definition) is 1. The Morgan fingerprint density at radius 2 is 1.00 bits per heavy atom. The van der Waals surface area contributed by atoms with Crippen LogP contribution in [0, 0.1) is 0 Å². The molecule has 5 heteroatoms.